The average molecular weight is 385 g/mol. The van der Waals surface area contributed by atoms with Crippen molar-refractivity contribution in [1.29, 1.82) is 5.26 Å². The summed E-state index contributed by atoms with van der Waals surface area (Å²) in [7, 11) is 0. The van der Waals surface area contributed by atoms with Crippen LogP contribution in [0.25, 0.3) is 0 Å². The van der Waals surface area contributed by atoms with Crippen molar-refractivity contribution in [3.63, 3.8) is 0 Å². The lowest BCUT2D eigenvalue weighted by molar-refractivity contribution is 0.252. The van der Waals surface area contributed by atoms with Gasteiger partial charge < -0.3 is 9.15 Å². The summed E-state index contributed by atoms with van der Waals surface area (Å²) in [5, 5.41) is 17.9. The molecule has 0 radical (unpaired) electrons. The maximum atomic E-state index is 9.02. The largest absolute Gasteiger partial charge is 0.484 e. The number of hydrogen-bond acceptors (Lipinski definition) is 8. The molecule has 0 amide bonds. The van der Waals surface area contributed by atoms with Crippen LogP contribution in [0.2, 0.25) is 10.2 Å². The van der Waals surface area contributed by atoms with Crippen molar-refractivity contribution in [2.45, 2.75) is 16.0 Å². The zero-order valence-corrected chi connectivity index (χ0v) is 14.3. The first-order valence-corrected chi connectivity index (χ1v) is 8.44. The van der Waals surface area contributed by atoms with Crippen LogP contribution in [0.3, 0.4) is 0 Å². The Morgan fingerprint density at radius 2 is 2.04 bits per heavy atom. The molecule has 23 heavy (non-hydrogen) atoms. The lowest BCUT2D eigenvalue weighted by atomic mass is 10.3. The minimum absolute atomic E-state index is 0.129. The maximum absolute atomic E-state index is 9.02. The second kappa shape index (κ2) is 7.19. The quantitative estimate of drug-likeness (QED) is 0.642. The van der Waals surface area contributed by atoms with Crippen molar-refractivity contribution in [3.8, 4) is 11.8 Å². The Balaban J connectivity index is 1.64. The molecule has 116 valence electrons. The van der Waals surface area contributed by atoms with Crippen LogP contribution in [0, 0.1) is 11.3 Å². The van der Waals surface area contributed by atoms with E-state index in [9.17, 15) is 0 Å². The number of rotatable bonds is 5. The molecule has 3 aromatic rings. The molecular weight excluding hydrogens is 379 g/mol. The van der Waals surface area contributed by atoms with Crippen molar-refractivity contribution in [2.75, 3.05) is 0 Å². The van der Waals surface area contributed by atoms with Crippen molar-refractivity contribution in [3.05, 3.63) is 45.9 Å². The lowest BCUT2D eigenvalue weighted by Gasteiger charge is -2.02. The fourth-order valence-electron chi connectivity index (χ4n) is 1.51. The minimum atomic E-state index is 0.129. The maximum Gasteiger partial charge on any atom is 0.282 e. The van der Waals surface area contributed by atoms with Crippen molar-refractivity contribution in [1.82, 2.24) is 14.6 Å². The highest BCUT2D eigenvalue weighted by Gasteiger charge is 2.16. The van der Waals surface area contributed by atoms with Gasteiger partial charge in [0, 0.05) is 5.02 Å². The van der Waals surface area contributed by atoms with Crippen LogP contribution >= 0.6 is 46.5 Å². The fourth-order valence-corrected chi connectivity index (χ4v) is 3.57. The van der Waals surface area contributed by atoms with E-state index in [4.69, 9.17) is 37.6 Å². The molecule has 1 aromatic carbocycles. The van der Waals surface area contributed by atoms with Gasteiger partial charge >= 0.3 is 0 Å². The first-order valence-electron chi connectivity index (χ1n) is 6.09. The predicted octanol–water partition coefficient (Wildman–Crippen LogP) is 4.43. The van der Waals surface area contributed by atoms with Gasteiger partial charge in [-0.3, -0.25) is 0 Å². The summed E-state index contributed by atoms with van der Waals surface area (Å²) in [6.45, 7) is 0.129. The third-order valence-corrected chi connectivity index (χ3v) is 5.01. The predicted molar refractivity (Wildman–Crippen MR) is 86.0 cm³/mol. The van der Waals surface area contributed by atoms with Crippen LogP contribution in [0.15, 0.2) is 38.1 Å². The van der Waals surface area contributed by atoms with Gasteiger partial charge in [0.25, 0.3) is 11.1 Å². The van der Waals surface area contributed by atoms with Crippen molar-refractivity contribution in [2.24, 2.45) is 0 Å². The standard InChI is InChI=1S/C13H6Cl2N4O2S2/c14-7-1-3-8(4-2-7)20-6-10-17-18-13(21-10)22-12-9(5-16)11(15)19-23-12/h1-4H,6H2. The number of benzene rings is 1. The molecular formula is C13H6Cl2N4O2S2. The minimum Gasteiger partial charge on any atom is -0.484 e. The molecule has 0 spiro atoms. The number of nitrogens with zero attached hydrogens (tertiary/aromatic N) is 4. The van der Waals surface area contributed by atoms with Crippen LogP contribution in [0.4, 0.5) is 0 Å². The first kappa shape index (κ1) is 16.1. The van der Waals surface area contributed by atoms with Crippen LogP contribution in [0.5, 0.6) is 5.75 Å². The van der Waals surface area contributed by atoms with Gasteiger partial charge in [-0.2, -0.15) is 9.64 Å². The molecule has 0 fully saturated rings. The van der Waals surface area contributed by atoms with E-state index in [2.05, 4.69) is 14.6 Å². The summed E-state index contributed by atoms with van der Waals surface area (Å²) in [5.74, 6) is 0.958. The summed E-state index contributed by atoms with van der Waals surface area (Å²) >= 11 is 13.9. The van der Waals surface area contributed by atoms with Crippen LogP contribution in [-0.4, -0.2) is 14.6 Å². The van der Waals surface area contributed by atoms with Gasteiger partial charge in [0.1, 0.15) is 21.6 Å². The van der Waals surface area contributed by atoms with E-state index in [1.807, 2.05) is 6.07 Å². The lowest BCUT2D eigenvalue weighted by Crippen LogP contribution is -1.95. The summed E-state index contributed by atoms with van der Waals surface area (Å²) in [6, 6.07) is 8.93. The highest BCUT2D eigenvalue weighted by molar-refractivity contribution is 8.00. The SMILES string of the molecule is N#Cc1c(Cl)nsc1Sc1nnc(COc2ccc(Cl)cc2)o1. The Labute approximate surface area is 149 Å². The zero-order valence-electron chi connectivity index (χ0n) is 11.2. The molecule has 0 saturated heterocycles. The van der Waals surface area contributed by atoms with Crippen molar-refractivity contribution < 1.29 is 9.15 Å². The van der Waals surface area contributed by atoms with E-state index >= 15 is 0 Å². The number of nitriles is 1. The highest BCUT2D eigenvalue weighted by atomic mass is 35.5. The number of aromatic nitrogens is 3. The normalized spacial score (nSPS) is 10.5. The van der Waals surface area contributed by atoms with Crippen LogP contribution in [-0.2, 0) is 6.61 Å². The molecule has 0 atom stereocenters. The van der Waals surface area contributed by atoms with Gasteiger partial charge in [-0.25, -0.2) is 0 Å². The summed E-state index contributed by atoms with van der Waals surface area (Å²) in [5.41, 5.74) is 0.304. The average Bonchev–Trinajstić information content (AvgIpc) is 3.14. The molecule has 10 heteroatoms. The Hall–Kier alpha value is -1.79. The van der Waals surface area contributed by atoms with E-state index in [0.29, 0.717) is 26.4 Å². The fraction of sp³-hybridized carbons (Fsp3) is 0.0769. The van der Waals surface area contributed by atoms with E-state index in [1.54, 1.807) is 24.3 Å². The van der Waals surface area contributed by atoms with Gasteiger partial charge in [-0.15, -0.1) is 10.2 Å². The van der Waals surface area contributed by atoms with Crippen LogP contribution in [0.1, 0.15) is 11.5 Å². The summed E-state index contributed by atoms with van der Waals surface area (Å²) < 4.78 is 15.5. The smallest absolute Gasteiger partial charge is 0.282 e. The Bertz CT molecular complexity index is 858. The molecule has 0 saturated carbocycles. The Kier molecular flexibility index (Phi) is 5.03. The monoisotopic (exact) mass is 384 g/mol. The van der Waals surface area contributed by atoms with E-state index in [-0.39, 0.29) is 17.0 Å². The third kappa shape index (κ3) is 3.95. The van der Waals surface area contributed by atoms with Gasteiger partial charge in [0.05, 0.1) is 0 Å². The highest BCUT2D eigenvalue weighted by Crippen LogP contribution is 2.35. The first-order chi connectivity index (χ1) is 11.2. The third-order valence-electron chi connectivity index (χ3n) is 2.54. The molecule has 2 aromatic heterocycles. The molecule has 0 N–H and O–H groups in total. The summed E-state index contributed by atoms with van der Waals surface area (Å²) in [4.78, 5) is 0. The van der Waals surface area contributed by atoms with Crippen LogP contribution < -0.4 is 4.74 Å². The molecule has 3 rings (SSSR count). The second-order valence-electron chi connectivity index (χ2n) is 4.05. The Morgan fingerprint density at radius 1 is 1.26 bits per heavy atom. The Morgan fingerprint density at radius 3 is 2.78 bits per heavy atom. The number of hydrogen-bond donors (Lipinski definition) is 0. The van der Waals surface area contributed by atoms with Gasteiger partial charge in [-0.1, -0.05) is 23.2 Å². The molecule has 0 aliphatic rings. The summed E-state index contributed by atoms with van der Waals surface area (Å²) in [6.07, 6.45) is 0. The molecule has 6 nitrogen and oxygen atoms in total. The van der Waals surface area contributed by atoms with E-state index in [1.165, 1.54) is 0 Å². The molecule has 2 heterocycles. The van der Waals surface area contributed by atoms with E-state index in [0.717, 1.165) is 23.3 Å². The molecule has 0 bridgehead atoms. The molecule has 0 aliphatic heterocycles. The van der Waals surface area contributed by atoms with E-state index < -0.39 is 0 Å². The molecule has 0 unspecified atom stereocenters. The molecule has 0 aliphatic carbocycles. The van der Waals surface area contributed by atoms with Gasteiger partial charge in [0.2, 0.25) is 0 Å². The zero-order chi connectivity index (χ0) is 16.2. The van der Waals surface area contributed by atoms with Gasteiger partial charge in [-0.05, 0) is 47.6 Å². The van der Waals surface area contributed by atoms with Crippen molar-refractivity contribution >= 4 is 46.5 Å². The number of ether oxygens (including phenoxy) is 1. The van der Waals surface area contributed by atoms with Gasteiger partial charge in [0.15, 0.2) is 11.8 Å². The number of halogens is 2. The second-order valence-corrected chi connectivity index (χ2v) is 6.84. The topological polar surface area (TPSA) is 84.8 Å².